The van der Waals surface area contributed by atoms with Crippen LogP contribution < -0.4 is 11.1 Å². The zero-order chi connectivity index (χ0) is 10.8. The predicted octanol–water partition coefficient (Wildman–Crippen LogP) is -0.0659. The Labute approximate surface area is 91.2 Å². The summed E-state index contributed by atoms with van der Waals surface area (Å²) < 4.78 is 0. The lowest BCUT2D eigenvalue weighted by molar-refractivity contribution is -0.125. The van der Waals surface area contributed by atoms with Crippen LogP contribution in [0.25, 0.3) is 0 Å². The molecule has 4 nitrogen and oxygen atoms in total. The lowest BCUT2D eigenvalue weighted by Gasteiger charge is -2.41. The van der Waals surface area contributed by atoms with Crippen LogP contribution in [0.2, 0.25) is 0 Å². The van der Waals surface area contributed by atoms with E-state index < -0.39 is 0 Å². The van der Waals surface area contributed by atoms with Gasteiger partial charge in [0.25, 0.3) is 0 Å². The molecule has 2 aliphatic rings. The number of hydrogen-bond acceptors (Lipinski definition) is 3. The highest BCUT2D eigenvalue weighted by Crippen LogP contribution is 2.25. The third-order valence-electron chi connectivity index (χ3n) is 3.45. The zero-order valence-corrected chi connectivity index (χ0v) is 9.41. The van der Waals surface area contributed by atoms with Gasteiger partial charge in [0.2, 0.25) is 5.91 Å². The van der Waals surface area contributed by atoms with E-state index in [1.54, 1.807) is 0 Å². The fourth-order valence-electron chi connectivity index (χ4n) is 2.76. The van der Waals surface area contributed by atoms with E-state index in [1.165, 1.54) is 0 Å². The Kier molecular flexibility index (Phi) is 3.26. The van der Waals surface area contributed by atoms with Gasteiger partial charge in [-0.05, 0) is 25.7 Å². The molecule has 0 aromatic heterocycles. The highest BCUT2D eigenvalue weighted by Gasteiger charge is 2.33. The summed E-state index contributed by atoms with van der Waals surface area (Å²) in [5.74, 6) is 0.882. The Morgan fingerprint density at radius 3 is 3.13 bits per heavy atom. The van der Waals surface area contributed by atoms with Crippen molar-refractivity contribution >= 4 is 5.91 Å². The molecule has 4 heteroatoms. The Balaban J connectivity index is 1.87. The molecule has 2 heterocycles. The summed E-state index contributed by atoms with van der Waals surface area (Å²) >= 11 is 0. The van der Waals surface area contributed by atoms with Gasteiger partial charge in [-0.2, -0.15) is 0 Å². The van der Waals surface area contributed by atoms with E-state index in [0.29, 0.717) is 18.4 Å². The van der Waals surface area contributed by atoms with E-state index in [2.05, 4.69) is 17.1 Å². The topological polar surface area (TPSA) is 58.4 Å². The molecule has 0 saturated carbocycles. The highest BCUT2D eigenvalue weighted by atomic mass is 16.1. The molecule has 3 unspecified atom stereocenters. The van der Waals surface area contributed by atoms with Crippen molar-refractivity contribution in [3.63, 3.8) is 0 Å². The summed E-state index contributed by atoms with van der Waals surface area (Å²) in [7, 11) is 0. The maximum absolute atomic E-state index is 11.2. The first kappa shape index (κ1) is 10.9. The summed E-state index contributed by atoms with van der Waals surface area (Å²) in [5, 5.41) is 3.10. The maximum atomic E-state index is 11.2. The standard InChI is InChI=1S/C11H21N3O/c1-8(12)6-14-5-4-10-9(7-14)2-3-11(15)13-10/h8-10H,2-7,12H2,1H3,(H,13,15). The first-order valence-corrected chi connectivity index (χ1v) is 5.92. The molecule has 0 radical (unpaired) electrons. The highest BCUT2D eigenvalue weighted by molar-refractivity contribution is 5.77. The van der Waals surface area contributed by atoms with E-state index in [4.69, 9.17) is 5.73 Å². The van der Waals surface area contributed by atoms with Crippen LogP contribution in [0, 0.1) is 5.92 Å². The average Bonchev–Trinajstić information content (AvgIpc) is 2.17. The van der Waals surface area contributed by atoms with Gasteiger partial charge in [0, 0.05) is 38.1 Å². The van der Waals surface area contributed by atoms with Gasteiger partial charge >= 0.3 is 0 Å². The van der Waals surface area contributed by atoms with Crippen LogP contribution in [0.4, 0.5) is 0 Å². The van der Waals surface area contributed by atoms with Gasteiger partial charge in [-0.25, -0.2) is 0 Å². The summed E-state index contributed by atoms with van der Waals surface area (Å²) in [4.78, 5) is 13.7. The second kappa shape index (κ2) is 4.49. The molecule has 0 aromatic rings. The van der Waals surface area contributed by atoms with Gasteiger partial charge in [0.05, 0.1) is 0 Å². The number of nitrogens with two attached hydrogens (primary N) is 1. The quantitative estimate of drug-likeness (QED) is 0.672. The van der Waals surface area contributed by atoms with Crippen molar-refractivity contribution in [1.29, 1.82) is 0 Å². The Hall–Kier alpha value is -0.610. The average molecular weight is 211 g/mol. The largest absolute Gasteiger partial charge is 0.353 e. The predicted molar refractivity (Wildman–Crippen MR) is 59.4 cm³/mol. The molecular formula is C11H21N3O. The summed E-state index contributed by atoms with van der Waals surface area (Å²) in [6.45, 7) is 5.21. The minimum Gasteiger partial charge on any atom is -0.353 e. The smallest absolute Gasteiger partial charge is 0.220 e. The van der Waals surface area contributed by atoms with E-state index in [0.717, 1.165) is 32.5 Å². The number of rotatable bonds is 2. The lowest BCUT2D eigenvalue weighted by Crippen LogP contribution is -2.55. The van der Waals surface area contributed by atoms with Crippen LogP contribution >= 0.6 is 0 Å². The number of nitrogens with zero attached hydrogens (tertiary/aromatic N) is 1. The number of fused-ring (bicyclic) bond motifs is 1. The SMILES string of the molecule is CC(N)CN1CCC2NC(=O)CCC2C1. The molecule has 0 bridgehead atoms. The first-order chi connectivity index (χ1) is 7.15. The van der Waals surface area contributed by atoms with Gasteiger partial charge in [0.1, 0.15) is 0 Å². The van der Waals surface area contributed by atoms with Crippen LogP contribution in [-0.2, 0) is 4.79 Å². The fraction of sp³-hybridized carbons (Fsp3) is 0.909. The third kappa shape index (κ3) is 2.69. The second-order valence-corrected chi connectivity index (χ2v) is 5.00. The number of amides is 1. The first-order valence-electron chi connectivity index (χ1n) is 5.92. The molecule has 2 saturated heterocycles. The van der Waals surface area contributed by atoms with Gasteiger partial charge in [-0.1, -0.05) is 0 Å². The van der Waals surface area contributed by atoms with Gasteiger partial charge in [-0.3, -0.25) is 4.79 Å². The van der Waals surface area contributed by atoms with Crippen LogP contribution in [0.15, 0.2) is 0 Å². The van der Waals surface area contributed by atoms with Gasteiger partial charge < -0.3 is 16.0 Å². The second-order valence-electron chi connectivity index (χ2n) is 5.00. The summed E-state index contributed by atoms with van der Waals surface area (Å²) in [6.07, 6.45) is 2.84. The Morgan fingerprint density at radius 1 is 1.60 bits per heavy atom. The van der Waals surface area contributed by atoms with E-state index in [1.807, 2.05) is 0 Å². The van der Waals surface area contributed by atoms with Crippen molar-refractivity contribution in [1.82, 2.24) is 10.2 Å². The van der Waals surface area contributed by atoms with Crippen LogP contribution in [-0.4, -0.2) is 42.5 Å². The molecule has 3 N–H and O–H groups in total. The molecule has 0 aliphatic carbocycles. The number of carbonyl (C=O) groups is 1. The van der Waals surface area contributed by atoms with E-state index in [9.17, 15) is 4.79 Å². The van der Waals surface area contributed by atoms with E-state index >= 15 is 0 Å². The molecule has 2 aliphatic heterocycles. The summed E-state index contributed by atoms with van der Waals surface area (Å²) in [6, 6.07) is 0.676. The lowest BCUT2D eigenvalue weighted by atomic mass is 9.85. The van der Waals surface area contributed by atoms with Crippen molar-refractivity contribution in [3.8, 4) is 0 Å². The Morgan fingerprint density at radius 2 is 2.40 bits per heavy atom. The number of piperidine rings is 2. The molecule has 15 heavy (non-hydrogen) atoms. The normalized spacial score (nSPS) is 34.4. The zero-order valence-electron chi connectivity index (χ0n) is 9.41. The van der Waals surface area contributed by atoms with Gasteiger partial charge in [0.15, 0.2) is 0 Å². The molecular weight excluding hydrogens is 190 g/mol. The monoisotopic (exact) mass is 211 g/mol. The van der Waals surface area contributed by atoms with Crippen LogP contribution in [0.5, 0.6) is 0 Å². The fourth-order valence-corrected chi connectivity index (χ4v) is 2.76. The Bertz CT molecular complexity index is 242. The number of hydrogen-bond donors (Lipinski definition) is 2. The third-order valence-corrected chi connectivity index (χ3v) is 3.45. The molecule has 0 aromatic carbocycles. The minimum absolute atomic E-state index is 0.233. The van der Waals surface area contributed by atoms with Crippen molar-refractivity contribution in [3.05, 3.63) is 0 Å². The van der Waals surface area contributed by atoms with Crippen molar-refractivity contribution < 1.29 is 4.79 Å². The minimum atomic E-state index is 0.233. The molecule has 0 spiro atoms. The van der Waals surface area contributed by atoms with Gasteiger partial charge in [-0.15, -0.1) is 0 Å². The molecule has 86 valence electrons. The number of likely N-dealkylation sites (tertiary alicyclic amines) is 1. The molecule has 2 rings (SSSR count). The number of nitrogens with one attached hydrogen (secondary N) is 1. The number of carbonyl (C=O) groups excluding carboxylic acids is 1. The molecule has 1 amide bonds. The van der Waals surface area contributed by atoms with E-state index in [-0.39, 0.29) is 11.9 Å². The summed E-state index contributed by atoms with van der Waals surface area (Å²) in [5.41, 5.74) is 5.80. The van der Waals surface area contributed by atoms with Crippen LogP contribution in [0.1, 0.15) is 26.2 Å². The molecule has 3 atom stereocenters. The van der Waals surface area contributed by atoms with Crippen molar-refractivity contribution in [2.45, 2.75) is 38.3 Å². The maximum Gasteiger partial charge on any atom is 0.220 e. The molecule has 2 fully saturated rings. The van der Waals surface area contributed by atoms with Crippen molar-refractivity contribution in [2.75, 3.05) is 19.6 Å². The van der Waals surface area contributed by atoms with Crippen LogP contribution in [0.3, 0.4) is 0 Å². The van der Waals surface area contributed by atoms with Crippen molar-refractivity contribution in [2.24, 2.45) is 11.7 Å².